The summed E-state index contributed by atoms with van der Waals surface area (Å²) < 4.78 is 0. The van der Waals surface area contributed by atoms with E-state index in [1.165, 1.54) is 0 Å². The number of amides is 1. The summed E-state index contributed by atoms with van der Waals surface area (Å²) >= 11 is 6.05. The molecule has 0 aliphatic rings. The number of nitrogens with zero attached hydrogens (tertiary/aromatic N) is 2. The number of aromatic nitrogens is 1. The lowest BCUT2D eigenvalue weighted by atomic mass is 9.87. The van der Waals surface area contributed by atoms with Crippen LogP contribution < -0.4 is 5.32 Å². The first-order chi connectivity index (χ1) is 8.68. The van der Waals surface area contributed by atoms with Gasteiger partial charge >= 0.3 is 0 Å². The highest BCUT2D eigenvalue weighted by Gasteiger charge is 2.27. The van der Waals surface area contributed by atoms with Gasteiger partial charge in [-0.2, -0.15) is 0 Å². The lowest BCUT2D eigenvalue weighted by Gasteiger charge is -2.35. The summed E-state index contributed by atoms with van der Waals surface area (Å²) in [6, 6.07) is 1.76. The topological polar surface area (TPSA) is 45.2 Å². The van der Waals surface area contributed by atoms with Crippen LogP contribution in [0.5, 0.6) is 0 Å². The molecule has 1 aromatic rings. The van der Waals surface area contributed by atoms with E-state index in [1.54, 1.807) is 31.3 Å². The maximum atomic E-state index is 12.4. The third kappa shape index (κ3) is 3.60. The molecule has 0 aromatic carbocycles. The minimum absolute atomic E-state index is 0.0204. The maximum absolute atomic E-state index is 12.4. The molecule has 0 aliphatic carbocycles. The molecular weight excluding hydrogens is 262 g/mol. The zero-order valence-electron chi connectivity index (χ0n) is 12.4. The van der Waals surface area contributed by atoms with Crippen LogP contribution in [0, 0.1) is 5.41 Å². The number of pyridine rings is 1. The summed E-state index contributed by atoms with van der Waals surface area (Å²) in [7, 11) is 3.54. The van der Waals surface area contributed by atoms with E-state index in [9.17, 15) is 4.79 Å². The van der Waals surface area contributed by atoms with Crippen molar-refractivity contribution < 1.29 is 4.79 Å². The highest BCUT2D eigenvalue weighted by atomic mass is 35.5. The van der Waals surface area contributed by atoms with E-state index < -0.39 is 0 Å². The van der Waals surface area contributed by atoms with Crippen LogP contribution >= 0.6 is 11.6 Å². The Balaban J connectivity index is 2.98. The van der Waals surface area contributed by atoms with Gasteiger partial charge in [0.2, 0.25) is 0 Å². The molecule has 0 bridgehead atoms. The van der Waals surface area contributed by atoms with Gasteiger partial charge in [-0.3, -0.25) is 4.79 Å². The van der Waals surface area contributed by atoms with Crippen LogP contribution in [0.1, 0.15) is 38.1 Å². The van der Waals surface area contributed by atoms with Gasteiger partial charge in [0, 0.05) is 26.3 Å². The molecule has 0 radical (unpaired) electrons. The summed E-state index contributed by atoms with van der Waals surface area (Å²) in [6.45, 7) is 8.36. The Morgan fingerprint density at radius 3 is 2.47 bits per heavy atom. The fourth-order valence-corrected chi connectivity index (χ4v) is 1.96. The number of hydrogen-bond donors (Lipinski definition) is 1. The van der Waals surface area contributed by atoms with Gasteiger partial charge in [-0.15, -0.1) is 0 Å². The van der Waals surface area contributed by atoms with Crippen molar-refractivity contribution in [3.63, 3.8) is 0 Å². The van der Waals surface area contributed by atoms with Gasteiger partial charge in [0.1, 0.15) is 5.82 Å². The van der Waals surface area contributed by atoms with Gasteiger partial charge in [0.05, 0.1) is 10.6 Å². The maximum Gasteiger partial charge on any atom is 0.255 e. The van der Waals surface area contributed by atoms with E-state index in [0.29, 0.717) is 16.4 Å². The summed E-state index contributed by atoms with van der Waals surface area (Å²) in [5.41, 5.74) is 0.523. The van der Waals surface area contributed by atoms with Crippen molar-refractivity contribution in [3.8, 4) is 0 Å². The molecule has 106 valence electrons. The molecule has 1 unspecified atom stereocenters. The van der Waals surface area contributed by atoms with E-state index in [-0.39, 0.29) is 17.4 Å². The van der Waals surface area contributed by atoms with Crippen molar-refractivity contribution in [2.45, 2.75) is 33.7 Å². The lowest BCUT2D eigenvalue weighted by Crippen LogP contribution is -2.43. The Labute approximate surface area is 120 Å². The van der Waals surface area contributed by atoms with Crippen molar-refractivity contribution >= 4 is 23.3 Å². The van der Waals surface area contributed by atoms with Crippen molar-refractivity contribution in [1.29, 1.82) is 0 Å². The predicted molar refractivity (Wildman–Crippen MR) is 79.8 cm³/mol. The molecular formula is C14H22ClN3O. The number of rotatable bonds is 3. The zero-order valence-corrected chi connectivity index (χ0v) is 13.2. The van der Waals surface area contributed by atoms with E-state index in [2.05, 4.69) is 31.1 Å². The molecule has 1 heterocycles. The number of carbonyl (C=O) groups is 1. The van der Waals surface area contributed by atoms with Gasteiger partial charge in [-0.1, -0.05) is 32.4 Å². The quantitative estimate of drug-likeness (QED) is 0.926. The molecule has 4 nitrogen and oxygen atoms in total. The molecule has 1 atom stereocenters. The second kappa shape index (κ2) is 5.78. The molecule has 1 rings (SSSR count). The largest absolute Gasteiger partial charge is 0.372 e. The lowest BCUT2D eigenvalue weighted by molar-refractivity contribution is 0.0629. The predicted octanol–water partition coefficient (Wildman–Crippen LogP) is 3.28. The fourth-order valence-electron chi connectivity index (χ4n) is 1.70. The van der Waals surface area contributed by atoms with E-state index >= 15 is 0 Å². The van der Waals surface area contributed by atoms with Crippen LogP contribution in [-0.2, 0) is 0 Å². The van der Waals surface area contributed by atoms with E-state index in [0.717, 1.165) is 0 Å². The van der Waals surface area contributed by atoms with Crippen LogP contribution in [0.4, 0.5) is 5.82 Å². The number of nitrogens with one attached hydrogen (secondary N) is 1. The van der Waals surface area contributed by atoms with Gasteiger partial charge < -0.3 is 10.2 Å². The Kier molecular flexibility index (Phi) is 4.80. The van der Waals surface area contributed by atoms with Crippen molar-refractivity contribution in [3.05, 3.63) is 22.8 Å². The highest BCUT2D eigenvalue weighted by molar-refractivity contribution is 6.33. The molecule has 1 aromatic heterocycles. The van der Waals surface area contributed by atoms with Crippen molar-refractivity contribution in [2.75, 3.05) is 19.4 Å². The summed E-state index contributed by atoms with van der Waals surface area (Å²) in [5.74, 6) is 0.504. The average Bonchev–Trinajstić information content (AvgIpc) is 2.34. The van der Waals surface area contributed by atoms with Gasteiger partial charge in [0.25, 0.3) is 5.91 Å². The summed E-state index contributed by atoms with van der Waals surface area (Å²) in [5, 5.41) is 3.32. The van der Waals surface area contributed by atoms with Gasteiger partial charge in [0.15, 0.2) is 0 Å². The van der Waals surface area contributed by atoms with Crippen molar-refractivity contribution in [1.82, 2.24) is 9.88 Å². The number of carbonyl (C=O) groups excluding carboxylic acids is 1. The van der Waals surface area contributed by atoms with Crippen LogP contribution in [0.25, 0.3) is 0 Å². The molecule has 1 amide bonds. The zero-order chi connectivity index (χ0) is 14.8. The fraction of sp³-hybridized carbons (Fsp3) is 0.571. The first-order valence-corrected chi connectivity index (χ1v) is 6.66. The minimum Gasteiger partial charge on any atom is -0.372 e. The molecule has 5 heteroatoms. The second-order valence-corrected chi connectivity index (χ2v) is 6.17. The van der Waals surface area contributed by atoms with Gasteiger partial charge in [-0.25, -0.2) is 4.98 Å². The molecule has 0 saturated carbocycles. The average molecular weight is 284 g/mol. The monoisotopic (exact) mass is 283 g/mol. The smallest absolute Gasteiger partial charge is 0.255 e. The molecule has 0 fully saturated rings. The standard InChI is InChI=1S/C14H22ClN3O/c1-9(14(2,3)4)18(6)13(19)10-7-11(15)12(16-5)17-8-10/h7-9H,1-6H3,(H,16,17). The van der Waals surface area contributed by atoms with Crippen LogP contribution in [0.3, 0.4) is 0 Å². The number of hydrogen-bond acceptors (Lipinski definition) is 3. The third-order valence-corrected chi connectivity index (χ3v) is 3.77. The minimum atomic E-state index is -0.0699. The van der Waals surface area contributed by atoms with Crippen LogP contribution in [0.15, 0.2) is 12.3 Å². The second-order valence-electron chi connectivity index (χ2n) is 5.76. The first-order valence-electron chi connectivity index (χ1n) is 6.29. The molecule has 0 spiro atoms. The van der Waals surface area contributed by atoms with Gasteiger partial charge in [-0.05, 0) is 18.4 Å². The highest BCUT2D eigenvalue weighted by Crippen LogP contribution is 2.25. The summed E-state index contributed by atoms with van der Waals surface area (Å²) in [4.78, 5) is 18.3. The van der Waals surface area contributed by atoms with Crippen molar-refractivity contribution in [2.24, 2.45) is 5.41 Å². The van der Waals surface area contributed by atoms with Crippen LogP contribution in [0.2, 0.25) is 5.02 Å². The van der Waals surface area contributed by atoms with E-state index in [1.807, 2.05) is 6.92 Å². The molecule has 19 heavy (non-hydrogen) atoms. The Bertz CT molecular complexity index is 468. The molecule has 0 saturated heterocycles. The number of anilines is 1. The number of halogens is 1. The SMILES string of the molecule is CNc1ncc(C(=O)N(C)C(C)C(C)(C)C)cc1Cl. The Morgan fingerprint density at radius 2 is 2.05 bits per heavy atom. The normalized spacial score (nSPS) is 13.0. The van der Waals surface area contributed by atoms with E-state index in [4.69, 9.17) is 11.6 Å². The third-order valence-electron chi connectivity index (χ3n) is 3.48. The first kappa shape index (κ1) is 15.8. The van der Waals surface area contributed by atoms with Crippen LogP contribution in [-0.4, -0.2) is 35.9 Å². The Morgan fingerprint density at radius 1 is 1.47 bits per heavy atom. The molecule has 1 N–H and O–H groups in total. The Hall–Kier alpha value is -1.29. The molecule has 0 aliphatic heterocycles. The summed E-state index contributed by atoms with van der Waals surface area (Å²) in [6.07, 6.45) is 1.55.